The monoisotopic (exact) mass is 379 g/mol. The first kappa shape index (κ1) is 18.1. The Morgan fingerprint density at radius 2 is 2.07 bits per heavy atom. The summed E-state index contributed by atoms with van der Waals surface area (Å²) in [5, 5.41) is 0.509. The van der Waals surface area contributed by atoms with Crippen molar-refractivity contribution in [3.63, 3.8) is 0 Å². The highest BCUT2D eigenvalue weighted by molar-refractivity contribution is 5.79. The molecule has 0 bridgehead atoms. The summed E-state index contributed by atoms with van der Waals surface area (Å²) in [5.41, 5.74) is 1.26. The Kier molecular flexibility index (Phi) is 4.77. The molecule has 0 N–H and O–H groups in total. The van der Waals surface area contributed by atoms with Gasteiger partial charge in [0.2, 0.25) is 11.8 Å². The van der Waals surface area contributed by atoms with Crippen LogP contribution in [-0.2, 0) is 11.3 Å². The standard InChI is InChI=1S/C20H21N5O3/c1-13-9-18(23-14(2)22-13)28-15-7-8-24(10-15)19(26)11-25-12-21-17-6-4-3-5-16(17)20(25)27/h3-6,9,12,15H,7-8,10-11H2,1-2H3/t15-/m0/s1. The molecule has 1 amide bonds. The molecule has 3 aromatic rings. The van der Waals surface area contributed by atoms with Gasteiger partial charge in [0.1, 0.15) is 18.5 Å². The second-order valence-corrected chi connectivity index (χ2v) is 6.96. The zero-order valence-electron chi connectivity index (χ0n) is 15.8. The quantitative estimate of drug-likeness (QED) is 0.682. The number of ether oxygens (including phenoxy) is 1. The van der Waals surface area contributed by atoms with Gasteiger partial charge in [-0.05, 0) is 26.0 Å². The third-order valence-electron chi connectivity index (χ3n) is 4.76. The lowest BCUT2D eigenvalue weighted by Crippen LogP contribution is -2.36. The summed E-state index contributed by atoms with van der Waals surface area (Å²) in [6.45, 7) is 4.73. The zero-order chi connectivity index (χ0) is 19.7. The van der Waals surface area contributed by atoms with Crippen molar-refractivity contribution in [3.8, 4) is 5.88 Å². The van der Waals surface area contributed by atoms with Gasteiger partial charge in [-0.2, -0.15) is 4.98 Å². The van der Waals surface area contributed by atoms with E-state index >= 15 is 0 Å². The highest BCUT2D eigenvalue weighted by Crippen LogP contribution is 2.18. The predicted octanol–water partition coefficient (Wildman–Crippen LogP) is 1.48. The van der Waals surface area contributed by atoms with Crippen LogP contribution in [0.25, 0.3) is 10.9 Å². The van der Waals surface area contributed by atoms with E-state index in [9.17, 15) is 9.59 Å². The van der Waals surface area contributed by atoms with E-state index in [4.69, 9.17) is 4.74 Å². The van der Waals surface area contributed by atoms with E-state index in [-0.39, 0.29) is 24.1 Å². The topological polar surface area (TPSA) is 90.2 Å². The zero-order valence-corrected chi connectivity index (χ0v) is 15.8. The average molecular weight is 379 g/mol. The molecular formula is C20H21N5O3. The van der Waals surface area contributed by atoms with Crippen molar-refractivity contribution in [2.45, 2.75) is 32.9 Å². The molecule has 8 nitrogen and oxygen atoms in total. The number of rotatable bonds is 4. The second kappa shape index (κ2) is 7.38. The maximum atomic E-state index is 12.7. The summed E-state index contributed by atoms with van der Waals surface area (Å²) in [4.78, 5) is 39.7. The maximum absolute atomic E-state index is 12.7. The van der Waals surface area contributed by atoms with Crippen LogP contribution in [0.1, 0.15) is 17.9 Å². The van der Waals surface area contributed by atoms with Crippen LogP contribution in [0.5, 0.6) is 5.88 Å². The van der Waals surface area contributed by atoms with Gasteiger partial charge >= 0.3 is 0 Å². The van der Waals surface area contributed by atoms with Gasteiger partial charge in [0.05, 0.1) is 23.8 Å². The van der Waals surface area contributed by atoms with E-state index in [2.05, 4.69) is 15.0 Å². The molecule has 0 aliphatic carbocycles. The first-order valence-corrected chi connectivity index (χ1v) is 9.20. The van der Waals surface area contributed by atoms with E-state index in [0.717, 1.165) is 12.1 Å². The smallest absolute Gasteiger partial charge is 0.261 e. The van der Waals surface area contributed by atoms with Crippen LogP contribution in [-0.4, -0.2) is 49.5 Å². The van der Waals surface area contributed by atoms with E-state index in [1.165, 1.54) is 10.9 Å². The highest BCUT2D eigenvalue weighted by Gasteiger charge is 2.28. The van der Waals surface area contributed by atoms with Crippen molar-refractivity contribution < 1.29 is 9.53 Å². The van der Waals surface area contributed by atoms with Gasteiger partial charge in [0.15, 0.2) is 0 Å². The third kappa shape index (κ3) is 3.71. The number of hydrogen-bond acceptors (Lipinski definition) is 6. The minimum absolute atomic E-state index is 0.0326. The number of carbonyl (C=O) groups excluding carboxylic acids is 1. The number of amides is 1. The number of aryl methyl sites for hydroxylation is 2. The number of carbonyl (C=O) groups is 1. The Bertz CT molecular complexity index is 1070. The van der Waals surface area contributed by atoms with Crippen molar-refractivity contribution in [1.82, 2.24) is 24.4 Å². The molecule has 0 saturated carbocycles. The normalized spacial score (nSPS) is 16.5. The van der Waals surface area contributed by atoms with Crippen LogP contribution in [0.3, 0.4) is 0 Å². The molecule has 1 fully saturated rings. The molecule has 1 atom stereocenters. The molecule has 0 unspecified atom stereocenters. The van der Waals surface area contributed by atoms with Crippen LogP contribution in [0.4, 0.5) is 0 Å². The predicted molar refractivity (Wildman–Crippen MR) is 103 cm³/mol. The van der Waals surface area contributed by atoms with Gasteiger partial charge in [-0.15, -0.1) is 0 Å². The Morgan fingerprint density at radius 1 is 1.25 bits per heavy atom. The van der Waals surface area contributed by atoms with Crippen molar-refractivity contribution in [2.24, 2.45) is 0 Å². The lowest BCUT2D eigenvalue weighted by atomic mass is 10.2. The SMILES string of the molecule is Cc1cc(O[C@H]2CCN(C(=O)Cn3cnc4ccccc4c3=O)C2)nc(C)n1. The fourth-order valence-electron chi connectivity index (χ4n) is 3.43. The minimum Gasteiger partial charge on any atom is -0.472 e. The fourth-order valence-corrected chi connectivity index (χ4v) is 3.43. The molecule has 0 radical (unpaired) electrons. The summed E-state index contributed by atoms with van der Waals surface area (Å²) in [5.74, 6) is 1.06. The van der Waals surface area contributed by atoms with Crippen LogP contribution in [0.15, 0.2) is 41.5 Å². The van der Waals surface area contributed by atoms with Crippen LogP contribution in [0.2, 0.25) is 0 Å². The number of likely N-dealkylation sites (tertiary alicyclic amines) is 1. The van der Waals surface area contributed by atoms with Crippen molar-refractivity contribution in [1.29, 1.82) is 0 Å². The third-order valence-corrected chi connectivity index (χ3v) is 4.76. The molecule has 0 spiro atoms. The molecule has 144 valence electrons. The van der Waals surface area contributed by atoms with Gasteiger partial charge in [-0.3, -0.25) is 14.2 Å². The van der Waals surface area contributed by atoms with E-state index < -0.39 is 0 Å². The largest absolute Gasteiger partial charge is 0.472 e. The summed E-state index contributed by atoms with van der Waals surface area (Å²) >= 11 is 0. The Hall–Kier alpha value is -3.29. The summed E-state index contributed by atoms with van der Waals surface area (Å²) in [6.07, 6.45) is 2.03. The molecule has 1 aliphatic heterocycles. The molecule has 28 heavy (non-hydrogen) atoms. The molecular weight excluding hydrogens is 358 g/mol. The summed E-state index contributed by atoms with van der Waals surface area (Å²) < 4.78 is 7.28. The molecule has 8 heteroatoms. The number of nitrogens with zero attached hydrogens (tertiary/aromatic N) is 5. The highest BCUT2D eigenvalue weighted by atomic mass is 16.5. The summed E-state index contributed by atoms with van der Waals surface area (Å²) in [6, 6.07) is 8.91. The maximum Gasteiger partial charge on any atom is 0.261 e. The molecule has 2 aromatic heterocycles. The first-order chi connectivity index (χ1) is 13.5. The van der Waals surface area contributed by atoms with Crippen molar-refractivity contribution >= 4 is 16.8 Å². The van der Waals surface area contributed by atoms with Gasteiger partial charge in [0.25, 0.3) is 5.56 Å². The fraction of sp³-hybridized carbons (Fsp3) is 0.350. The van der Waals surface area contributed by atoms with Crippen LogP contribution < -0.4 is 10.3 Å². The molecule has 1 aromatic carbocycles. The van der Waals surface area contributed by atoms with Gasteiger partial charge in [-0.1, -0.05) is 12.1 Å². The van der Waals surface area contributed by atoms with E-state index in [1.807, 2.05) is 19.9 Å². The van der Waals surface area contributed by atoms with Crippen LogP contribution in [0, 0.1) is 13.8 Å². The van der Waals surface area contributed by atoms with Gasteiger partial charge in [0, 0.05) is 24.7 Å². The lowest BCUT2D eigenvalue weighted by Gasteiger charge is -2.18. The number of benzene rings is 1. The Morgan fingerprint density at radius 3 is 2.89 bits per heavy atom. The van der Waals surface area contributed by atoms with Crippen LogP contribution >= 0.6 is 0 Å². The lowest BCUT2D eigenvalue weighted by molar-refractivity contribution is -0.131. The molecule has 3 heterocycles. The molecule has 1 saturated heterocycles. The van der Waals surface area contributed by atoms with Gasteiger partial charge in [-0.25, -0.2) is 9.97 Å². The average Bonchev–Trinajstić information content (AvgIpc) is 3.12. The molecule has 4 rings (SSSR count). The van der Waals surface area contributed by atoms with Crippen molar-refractivity contribution in [3.05, 3.63) is 58.5 Å². The van der Waals surface area contributed by atoms with Gasteiger partial charge < -0.3 is 9.64 Å². The molecule has 1 aliphatic rings. The number of fused-ring (bicyclic) bond motifs is 1. The number of hydrogen-bond donors (Lipinski definition) is 0. The summed E-state index contributed by atoms with van der Waals surface area (Å²) in [7, 11) is 0. The minimum atomic E-state index is -0.210. The Balaban J connectivity index is 1.42. The number of para-hydroxylation sites is 1. The van der Waals surface area contributed by atoms with E-state index in [0.29, 0.717) is 35.7 Å². The van der Waals surface area contributed by atoms with Crippen molar-refractivity contribution in [2.75, 3.05) is 13.1 Å². The number of aromatic nitrogens is 4. The Labute approximate surface area is 161 Å². The first-order valence-electron chi connectivity index (χ1n) is 9.20. The second-order valence-electron chi connectivity index (χ2n) is 6.96. The van der Waals surface area contributed by atoms with E-state index in [1.54, 1.807) is 29.2 Å².